The van der Waals surface area contributed by atoms with Crippen molar-refractivity contribution in [2.45, 2.75) is 19.5 Å². The Hall–Kier alpha value is -2.70. The summed E-state index contributed by atoms with van der Waals surface area (Å²) in [6.07, 6.45) is 4.72. The zero-order chi connectivity index (χ0) is 16.8. The largest absolute Gasteiger partial charge is 0.496 e. The number of methoxy groups -OCH3 is 1. The first-order chi connectivity index (χ1) is 11.0. The zero-order valence-electron chi connectivity index (χ0n) is 13.3. The van der Waals surface area contributed by atoms with Gasteiger partial charge in [0.15, 0.2) is 0 Å². The number of benzene rings is 1. The average molecular weight is 318 g/mol. The van der Waals surface area contributed by atoms with Crippen molar-refractivity contribution in [2.24, 2.45) is 0 Å². The molecule has 1 atom stereocenters. The Morgan fingerprint density at radius 2 is 2.22 bits per heavy atom. The van der Waals surface area contributed by atoms with Gasteiger partial charge in [0, 0.05) is 19.4 Å². The van der Waals surface area contributed by atoms with Gasteiger partial charge in [0.1, 0.15) is 11.6 Å². The van der Waals surface area contributed by atoms with Crippen LogP contribution in [0.2, 0.25) is 0 Å². The van der Waals surface area contributed by atoms with Crippen LogP contribution in [0.25, 0.3) is 0 Å². The van der Waals surface area contributed by atoms with Crippen LogP contribution in [-0.4, -0.2) is 35.1 Å². The van der Waals surface area contributed by atoms with Gasteiger partial charge in [-0.15, -0.1) is 0 Å². The van der Waals surface area contributed by atoms with Crippen molar-refractivity contribution in [3.63, 3.8) is 0 Å². The molecule has 0 aliphatic heterocycles. The monoisotopic (exact) mass is 318 g/mol. The van der Waals surface area contributed by atoms with Gasteiger partial charge in [-0.05, 0) is 19.1 Å². The molecular weight excluding hydrogens is 299 g/mol. The lowest BCUT2D eigenvalue weighted by atomic mass is 10.1. The molecule has 1 unspecified atom stereocenters. The molecule has 0 saturated heterocycles. The van der Waals surface area contributed by atoms with Gasteiger partial charge >= 0.3 is 6.03 Å². The molecule has 7 heteroatoms. The minimum atomic E-state index is -0.539. The summed E-state index contributed by atoms with van der Waals surface area (Å²) in [5.74, 6) is -0.0249. The number of rotatable bonds is 5. The van der Waals surface area contributed by atoms with Crippen LogP contribution >= 0.6 is 0 Å². The third-order valence-electron chi connectivity index (χ3n) is 3.37. The topological polar surface area (TPSA) is 67.3 Å². The van der Waals surface area contributed by atoms with Crippen molar-refractivity contribution in [3.8, 4) is 5.75 Å². The molecule has 0 radical (unpaired) electrons. The molecule has 0 bridgehead atoms. The van der Waals surface area contributed by atoms with E-state index in [0.29, 0.717) is 23.6 Å². The quantitative estimate of drug-likeness (QED) is 0.920. The number of nitrogens with one attached hydrogen (secondary N) is 1. The number of halogens is 1. The second-order valence-corrected chi connectivity index (χ2v) is 5.08. The standard InChI is InChI=1S/C16H19FN4O2/c1-11(15-13(17)5-4-6-14(15)23-3)20-16(22)21(2)10-12-9-18-7-8-19-12/h4-9,11H,10H2,1-3H3,(H,20,22). The second-order valence-electron chi connectivity index (χ2n) is 5.08. The van der Waals surface area contributed by atoms with Crippen LogP contribution in [0.4, 0.5) is 9.18 Å². The Balaban J connectivity index is 2.05. The summed E-state index contributed by atoms with van der Waals surface area (Å²) in [7, 11) is 3.10. The third kappa shape index (κ3) is 4.15. The number of hydrogen-bond donors (Lipinski definition) is 1. The lowest BCUT2D eigenvalue weighted by Gasteiger charge is -2.22. The van der Waals surface area contributed by atoms with E-state index in [4.69, 9.17) is 4.74 Å². The van der Waals surface area contributed by atoms with E-state index in [-0.39, 0.29) is 6.03 Å². The Morgan fingerprint density at radius 1 is 1.43 bits per heavy atom. The van der Waals surface area contributed by atoms with E-state index in [1.807, 2.05) is 0 Å². The lowest BCUT2D eigenvalue weighted by molar-refractivity contribution is 0.202. The fourth-order valence-electron chi connectivity index (χ4n) is 2.21. The van der Waals surface area contributed by atoms with Gasteiger partial charge in [0.05, 0.1) is 37.2 Å². The molecule has 0 aliphatic rings. The molecule has 2 rings (SSSR count). The van der Waals surface area contributed by atoms with Crippen LogP contribution in [-0.2, 0) is 6.54 Å². The third-order valence-corrected chi connectivity index (χ3v) is 3.37. The van der Waals surface area contributed by atoms with E-state index in [2.05, 4.69) is 15.3 Å². The average Bonchev–Trinajstić information content (AvgIpc) is 2.55. The van der Waals surface area contributed by atoms with Gasteiger partial charge in [-0.3, -0.25) is 9.97 Å². The normalized spacial score (nSPS) is 11.7. The fraction of sp³-hybridized carbons (Fsp3) is 0.312. The molecule has 1 N–H and O–H groups in total. The highest BCUT2D eigenvalue weighted by Crippen LogP contribution is 2.27. The molecule has 0 fully saturated rings. The first kappa shape index (κ1) is 16.7. The van der Waals surface area contributed by atoms with Crippen LogP contribution < -0.4 is 10.1 Å². The molecule has 6 nitrogen and oxygen atoms in total. The molecule has 2 aromatic rings. The number of amides is 2. The Morgan fingerprint density at radius 3 is 2.87 bits per heavy atom. The van der Waals surface area contributed by atoms with Crippen LogP contribution in [0.5, 0.6) is 5.75 Å². The molecule has 23 heavy (non-hydrogen) atoms. The highest BCUT2D eigenvalue weighted by molar-refractivity contribution is 5.74. The summed E-state index contributed by atoms with van der Waals surface area (Å²) < 4.78 is 19.2. The summed E-state index contributed by atoms with van der Waals surface area (Å²) in [4.78, 5) is 21.8. The van der Waals surface area contributed by atoms with Crippen LogP contribution in [0, 0.1) is 5.82 Å². The molecule has 1 heterocycles. The van der Waals surface area contributed by atoms with Crippen LogP contribution in [0.15, 0.2) is 36.8 Å². The van der Waals surface area contributed by atoms with E-state index in [9.17, 15) is 9.18 Å². The molecule has 0 saturated carbocycles. The SMILES string of the molecule is COc1cccc(F)c1C(C)NC(=O)N(C)Cc1cnccn1. The Bertz CT molecular complexity index is 666. The summed E-state index contributed by atoms with van der Waals surface area (Å²) >= 11 is 0. The predicted octanol–water partition coefficient (Wildman–Crippen LogP) is 2.53. The summed E-state index contributed by atoms with van der Waals surface area (Å²) in [6, 6.07) is 3.68. The Labute approximate surface area is 134 Å². The van der Waals surface area contributed by atoms with E-state index >= 15 is 0 Å². The number of carbonyl (C=O) groups excluding carboxylic acids is 1. The maximum atomic E-state index is 14.0. The molecule has 1 aromatic carbocycles. The van der Waals surface area contributed by atoms with Gasteiger partial charge in [-0.1, -0.05) is 6.07 Å². The summed E-state index contributed by atoms with van der Waals surface area (Å²) in [5.41, 5.74) is 0.984. The zero-order valence-corrected chi connectivity index (χ0v) is 13.3. The number of hydrogen-bond acceptors (Lipinski definition) is 4. The van der Waals surface area contributed by atoms with Crippen LogP contribution in [0.3, 0.4) is 0 Å². The van der Waals surface area contributed by atoms with E-state index in [0.717, 1.165) is 0 Å². The number of carbonyl (C=O) groups is 1. The van der Waals surface area contributed by atoms with Gasteiger partial charge in [0.2, 0.25) is 0 Å². The number of nitrogens with zero attached hydrogens (tertiary/aromatic N) is 3. The van der Waals surface area contributed by atoms with E-state index in [1.54, 1.807) is 44.7 Å². The molecular formula is C16H19FN4O2. The minimum Gasteiger partial charge on any atom is -0.496 e. The molecule has 2 amide bonds. The van der Waals surface area contributed by atoms with Crippen molar-refractivity contribution in [1.29, 1.82) is 0 Å². The van der Waals surface area contributed by atoms with Crippen molar-refractivity contribution >= 4 is 6.03 Å². The molecule has 122 valence electrons. The lowest BCUT2D eigenvalue weighted by Crippen LogP contribution is -2.38. The maximum Gasteiger partial charge on any atom is 0.317 e. The van der Waals surface area contributed by atoms with Crippen molar-refractivity contribution in [3.05, 3.63) is 53.9 Å². The fourth-order valence-corrected chi connectivity index (χ4v) is 2.21. The highest BCUT2D eigenvalue weighted by atomic mass is 19.1. The smallest absolute Gasteiger partial charge is 0.317 e. The number of ether oxygens (including phenoxy) is 1. The van der Waals surface area contributed by atoms with Crippen molar-refractivity contribution in [1.82, 2.24) is 20.2 Å². The molecule has 1 aromatic heterocycles. The molecule has 0 spiro atoms. The summed E-state index contributed by atoms with van der Waals surface area (Å²) in [6.45, 7) is 2.01. The van der Waals surface area contributed by atoms with Crippen molar-refractivity contribution in [2.75, 3.05) is 14.2 Å². The van der Waals surface area contributed by atoms with Gasteiger partial charge < -0.3 is 15.0 Å². The summed E-state index contributed by atoms with van der Waals surface area (Å²) in [5, 5.41) is 2.75. The maximum absolute atomic E-state index is 14.0. The first-order valence-corrected chi connectivity index (χ1v) is 7.12. The highest BCUT2D eigenvalue weighted by Gasteiger charge is 2.20. The predicted molar refractivity (Wildman–Crippen MR) is 83.4 cm³/mol. The van der Waals surface area contributed by atoms with Gasteiger partial charge in [0.25, 0.3) is 0 Å². The van der Waals surface area contributed by atoms with E-state index in [1.165, 1.54) is 18.1 Å². The van der Waals surface area contributed by atoms with Crippen LogP contribution in [0.1, 0.15) is 24.2 Å². The Kier molecular flexibility index (Phi) is 5.46. The minimum absolute atomic E-state index is 0.306. The number of aromatic nitrogens is 2. The number of urea groups is 1. The van der Waals surface area contributed by atoms with Crippen molar-refractivity contribution < 1.29 is 13.9 Å². The van der Waals surface area contributed by atoms with Gasteiger partial charge in [-0.2, -0.15) is 0 Å². The van der Waals surface area contributed by atoms with E-state index < -0.39 is 11.9 Å². The molecule has 0 aliphatic carbocycles. The first-order valence-electron chi connectivity index (χ1n) is 7.12. The van der Waals surface area contributed by atoms with Gasteiger partial charge in [-0.25, -0.2) is 9.18 Å². The second kappa shape index (κ2) is 7.53.